The Balaban J connectivity index is 1.86. The number of rotatable bonds is 0. The molecule has 0 saturated heterocycles. The van der Waals surface area contributed by atoms with Crippen molar-refractivity contribution in [2.24, 2.45) is 0 Å². The molecule has 0 N–H and O–H groups in total. The van der Waals surface area contributed by atoms with E-state index in [-0.39, 0.29) is 0 Å². The highest BCUT2D eigenvalue weighted by atomic mass is 28.3. The van der Waals surface area contributed by atoms with Gasteiger partial charge >= 0.3 is 0 Å². The second-order valence-electron chi connectivity index (χ2n) is 7.27. The smallest absolute Gasteiger partial charge is 0.0622 e. The molecule has 0 unspecified atom stereocenters. The lowest BCUT2D eigenvalue weighted by atomic mass is 10.0. The van der Waals surface area contributed by atoms with E-state index in [4.69, 9.17) is 0 Å². The Bertz CT molecular complexity index is 1030. The molecule has 0 atom stereocenters. The predicted octanol–water partition coefficient (Wildman–Crippen LogP) is 5.48. The van der Waals surface area contributed by atoms with Crippen LogP contribution in [0.2, 0.25) is 13.1 Å². The Morgan fingerprint density at radius 2 is 1.71 bits per heavy atom. The molecule has 24 heavy (non-hydrogen) atoms. The molecule has 0 amide bonds. The standard InChI is InChI=1S/C23H19Si/c1-24(2)22-13-16-9-5-3-7-11-18(16)20(22)15-21-19-12-8-4-6-10-17(19)14-23(21)24/h3-15H,1-2H3/q+1. The predicted molar refractivity (Wildman–Crippen MR) is 107 cm³/mol. The van der Waals surface area contributed by atoms with E-state index in [1.165, 1.54) is 33.4 Å². The van der Waals surface area contributed by atoms with Gasteiger partial charge in [-0.2, -0.15) is 0 Å². The van der Waals surface area contributed by atoms with Crippen molar-refractivity contribution in [3.8, 4) is 11.1 Å². The zero-order valence-electron chi connectivity index (χ0n) is 14.0. The monoisotopic (exact) mass is 323 g/mol. The fraction of sp³-hybridized carbons (Fsp3) is 0.0870. The van der Waals surface area contributed by atoms with Crippen LogP contribution >= 0.6 is 0 Å². The van der Waals surface area contributed by atoms with E-state index < -0.39 is 8.07 Å². The average Bonchev–Trinajstić information content (AvgIpc) is 2.88. The third kappa shape index (κ3) is 1.76. The fourth-order valence-electron chi connectivity index (χ4n) is 4.26. The van der Waals surface area contributed by atoms with Gasteiger partial charge in [0.1, 0.15) is 8.07 Å². The molecule has 1 aromatic rings. The number of fused-ring (bicyclic) bond motifs is 6. The Hall–Kier alpha value is -2.51. The minimum atomic E-state index is -1.68. The molecule has 0 bridgehead atoms. The van der Waals surface area contributed by atoms with Crippen molar-refractivity contribution < 1.29 is 0 Å². The molecule has 5 rings (SSSR count). The maximum Gasteiger partial charge on any atom is 0.115 e. The van der Waals surface area contributed by atoms with Gasteiger partial charge in [-0.05, 0) is 38.7 Å². The normalized spacial score (nSPS) is 16.8. The van der Waals surface area contributed by atoms with Crippen LogP contribution in [0.15, 0.2) is 71.9 Å². The summed E-state index contributed by atoms with van der Waals surface area (Å²) < 4.78 is 0. The molecule has 3 aliphatic carbocycles. The molecule has 0 radical (unpaired) electrons. The van der Waals surface area contributed by atoms with Crippen LogP contribution in [0.3, 0.4) is 0 Å². The molecule has 4 aliphatic rings. The second kappa shape index (κ2) is 4.75. The summed E-state index contributed by atoms with van der Waals surface area (Å²) in [5.41, 5.74) is 8.39. The Kier molecular flexibility index (Phi) is 2.75. The number of allylic oxidation sites excluding steroid dienone is 2. The van der Waals surface area contributed by atoms with Crippen LogP contribution in [0.25, 0.3) is 28.9 Å². The van der Waals surface area contributed by atoms with Gasteiger partial charge in [0.05, 0.1) is 17.2 Å². The van der Waals surface area contributed by atoms with Gasteiger partial charge in [0.2, 0.25) is 0 Å². The number of hydrogen-bond donors (Lipinski definition) is 0. The molecule has 0 spiro atoms. The third-order valence-electron chi connectivity index (χ3n) is 5.54. The highest BCUT2D eigenvalue weighted by Crippen LogP contribution is 2.46. The number of hydrogen-bond acceptors (Lipinski definition) is 0. The highest BCUT2D eigenvalue weighted by molar-refractivity contribution is 6.99. The highest BCUT2D eigenvalue weighted by Gasteiger charge is 2.41. The van der Waals surface area contributed by atoms with Crippen molar-refractivity contribution in [2.45, 2.75) is 13.1 Å². The van der Waals surface area contributed by atoms with Gasteiger partial charge in [0.25, 0.3) is 0 Å². The molecule has 1 heterocycles. The van der Waals surface area contributed by atoms with Gasteiger partial charge in [0.15, 0.2) is 0 Å². The zero-order chi connectivity index (χ0) is 16.3. The van der Waals surface area contributed by atoms with Crippen LogP contribution in [0.5, 0.6) is 0 Å². The van der Waals surface area contributed by atoms with E-state index in [2.05, 4.69) is 92.0 Å². The Morgan fingerprint density at radius 1 is 0.875 bits per heavy atom. The minimum absolute atomic E-state index is 1.36. The van der Waals surface area contributed by atoms with Crippen molar-refractivity contribution in [3.05, 3.63) is 88.6 Å². The van der Waals surface area contributed by atoms with E-state index >= 15 is 0 Å². The first-order valence-electron chi connectivity index (χ1n) is 8.55. The molecule has 0 nitrogen and oxygen atoms in total. The molecule has 1 aromatic carbocycles. The van der Waals surface area contributed by atoms with E-state index in [1.54, 1.807) is 10.4 Å². The van der Waals surface area contributed by atoms with Crippen molar-refractivity contribution in [2.75, 3.05) is 0 Å². The first-order valence-corrected chi connectivity index (χ1v) is 11.6. The molecular weight excluding hydrogens is 304 g/mol. The maximum atomic E-state index is 2.50. The Labute approximate surface area is 144 Å². The fourth-order valence-corrected chi connectivity index (χ4v) is 7.34. The first-order chi connectivity index (χ1) is 11.7. The molecule has 0 aromatic heterocycles. The molecule has 114 valence electrons. The lowest BCUT2D eigenvalue weighted by molar-refractivity contribution is 1.67. The van der Waals surface area contributed by atoms with E-state index in [9.17, 15) is 0 Å². The summed E-state index contributed by atoms with van der Waals surface area (Å²) in [5, 5.41) is 3.16. The Morgan fingerprint density at radius 3 is 2.62 bits per heavy atom. The molecular formula is C23H19Si+. The van der Waals surface area contributed by atoms with Crippen LogP contribution in [0.4, 0.5) is 0 Å². The summed E-state index contributed by atoms with van der Waals surface area (Å²) in [5.74, 6) is 0. The summed E-state index contributed by atoms with van der Waals surface area (Å²) in [7, 11) is -1.68. The summed E-state index contributed by atoms with van der Waals surface area (Å²) in [4.78, 5) is 0. The average molecular weight is 323 g/mol. The van der Waals surface area contributed by atoms with Gasteiger partial charge in [-0.25, -0.2) is 0 Å². The summed E-state index contributed by atoms with van der Waals surface area (Å²) in [6.07, 6.45) is 4.88. The van der Waals surface area contributed by atoms with E-state index in [0.717, 1.165) is 0 Å². The topological polar surface area (TPSA) is 0 Å². The summed E-state index contributed by atoms with van der Waals surface area (Å²) >= 11 is 0. The summed E-state index contributed by atoms with van der Waals surface area (Å²) in [6.45, 7) is 4.99. The van der Waals surface area contributed by atoms with Gasteiger partial charge < -0.3 is 0 Å². The van der Waals surface area contributed by atoms with Crippen LogP contribution in [-0.4, -0.2) is 8.07 Å². The maximum absolute atomic E-state index is 2.50. The lowest BCUT2D eigenvalue weighted by Gasteiger charge is -2.29. The van der Waals surface area contributed by atoms with Crippen molar-refractivity contribution in [1.82, 2.24) is 0 Å². The van der Waals surface area contributed by atoms with Crippen LogP contribution in [0.1, 0.15) is 16.7 Å². The van der Waals surface area contributed by atoms with Gasteiger partial charge in [-0.3, -0.25) is 0 Å². The molecule has 0 saturated carbocycles. The van der Waals surface area contributed by atoms with E-state index in [0.29, 0.717) is 0 Å². The third-order valence-corrected chi connectivity index (χ3v) is 9.06. The van der Waals surface area contributed by atoms with E-state index in [1.807, 2.05) is 0 Å². The van der Waals surface area contributed by atoms with Crippen molar-refractivity contribution >= 4 is 31.0 Å². The zero-order valence-corrected chi connectivity index (χ0v) is 15.0. The second-order valence-corrected chi connectivity index (χ2v) is 11.6. The lowest BCUT2D eigenvalue weighted by Crippen LogP contribution is -2.45. The van der Waals surface area contributed by atoms with Crippen LogP contribution in [0, 0.1) is 0 Å². The van der Waals surface area contributed by atoms with Crippen molar-refractivity contribution in [3.63, 3.8) is 0 Å². The first kappa shape index (κ1) is 13.9. The minimum Gasteiger partial charge on any atom is -0.0622 e. The van der Waals surface area contributed by atoms with Gasteiger partial charge in [0, 0.05) is 30.3 Å². The molecule has 1 aliphatic heterocycles. The van der Waals surface area contributed by atoms with Gasteiger partial charge in [-0.15, -0.1) is 0 Å². The van der Waals surface area contributed by atoms with Crippen LogP contribution in [-0.2, 0) is 0 Å². The van der Waals surface area contributed by atoms with Gasteiger partial charge in [-0.1, -0.05) is 49.5 Å². The van der Waals surface area contributed by atoms with Crippen molar-refractivity contribution in [1.29, 1.82) is 0 Å². The van der Waals surface area contributed by atoms with Crippen LogP contribution < -0.4 is 5.19 Å². The molecule has 1 heteroatoms. The molecule has 0 fully saturated rings. The largest absolute Gasteiger partial charge is 0.115 e. The SMILES string of the molecule is C[Si]1(C)C2=Cc3c[cH+]cccc3C2=Cc2c3cccccc-3cc21. The summed E-state index contributed by atoms with van der Waals surface area (Å²) in [6, 6.07) is 24.3. The quantitative estimate of drug-likeness (QED) is 0.380.